The zero-order chi connectivity index (χ0) is 13.4. The standard InChI is InChI=1S/C13H19BrN2O2/c1-10(2-3-13(17)18)4-5-15-7-11-6-12(14)9-16-8-11/h6,8-10,15H,2-5,7H2,1H3,(H,17,18). The fourth-order valence-electron chi connectivity index (χ4n) is 1.65. The summed E-state index contributed by atoms with van der Waals surface area (Å²) in [5.74, 6) is -0.274. The third-order valence-electron chi connectivity index (χ3n) is 2.76. The third-order valence-corrected chi connectivity index (χ3v) is 3.19. The second-order valence-corrected chi connectivity index (χ2v) is 5.43. The summed E-state index contributed by atoms with van der Waals surface area (Å²) < 4.78 is 0.983. The van der Waals surface area contributed by atoms with E-state index in [0.29, 0.717) is 5.92 Å². The minimum atomic E-state index is -0.713. The first-order valence-corrected chi connectivity index (χ1v) is 6.89. The van der Waals surface area contributed by atoms with Gasteiger partial charge in [-0.05, 0) is 52.9 Å². The molecule has 0 fully saturated rings. The summed E-state index contributed by atoms with van der Waals surface area (Å²) in [7, 11) is 0. The molecule has 100 valence electrons. The van der Waals surface area contributed by atoms with E-state index < -0.39 is 5.97 Å². The molecule has 0 aromatic carbocycles. The molecule has 0 saturated carbocycles. The van der Waals surface area contributed by atoms with E-state index in [-0.39, 0.29) is 6.42 Å². The Kier molecular flexibility index (Phi) is 6.90. The maximum atomic E-state index is 10.4. The lowest BCUT2D eigenvalue weighted by Crippen LogP contribution is -2.17. The number of nitrogens with zero attached hydrogens (tertiary/aromatic N) is 1. The number of aromatic nitrogens is 1. The van der Waals surface area contributed by atoms with E-state index in [1.807, 2.05) is 12.3 Å². The van der Waals surface area contributed by atoms with Gasteiger partial charge >= 0.3 is 5.97 Å². The third kappa shape index (κ3) is 6.71. The molecule has 18 heavy (non-hydrogen) atoms. The Morgan fingerprint density at radius 1 is 1.50 bits per heavy atom. The van der Waals surface area contributed by atoms with Gasteiger partial charge in [0.2, 0.25) is 0 Å². The second-order valence-electron chi connectivity index (χ2n) is 4.51. The zero-order valence-corrected chi connectivity index (χ0v) is 12.1. The highest BCUT2D eigenvalue weighted by Gasteiger charge is 2.05. The molecule has 0 spiro atoms. The van der Waals surface area contributed by atoms with Crippen LogP contribution in [0.3, 0.4) is 0 Å². The second kappa shape index (κ2) is 8.21. The van der Waals surface area contributed by atoms with E-state index >= 15 is 0 Å². The zero-order valence-electron chi connectivity index (χ0n) is 10.5. The van der Waals surface area contributed by atoms with Crippen molar-refractivity contribution >= 4 is 21.9 Å². The molecule has 4 nitrogen and oxygen atoms in total. The SMILES string of the molecule is CC(CCNCc1cncc(Br)c1)CCC(=O)O. The van der Waals surface area contributed by atoms with Crippen LogP contribution >= 0.6 is 15.9 Å². The summed E-state index contributed by atoms with van der Waals surface area (Å²) in [4.78, 5) is 14.5. The molecule has 1 atom stereocenters. The topological polar surface area (TPSA) is 62.2 Å². The molecule has 0 aliphatic heterocycles. The van der Waals surface area contributed by atoms with Crippen LogP contribution in [0.5, 0.6) is 0 Å². The molecule has 1 heterocycles. The summed E-state index contributed by atoms with van der Waals surface area (Å²) in [6.45, 7) is 3.77. The maximum absolute atomic E-state index is 10.4. The molecule has 1 unspecified atom stereocenters. The van der Waals surface area contributed by atoms with E-state index in [1.165, 1.54) is 0 Å². The fourth-order valence-corrected chi connectivity index (χ4v) is 2.06. The van der Waals surface area contributed by atoms with Gasteiger partial charge in [0.25, 0.3) is 0 Å². The Labute approximate surface area is 116 Å². The first-order valence-electron chi connectivity index (χ1n) is 6.10. The van der Waals surface area contributed by atoms with Crippen molar-refractivity contribution in [3.63, 3.8) is 0 Å². The Morgan fingerprint density at radius 3 is 2.94 bits per heavy atom. The van der Waals surface area contributed by atoms with E-state index in [4.69, 9.17) is 5.11 Å². The molecule has 1 aromatic rings. The van der Waals surface area contributed by atoms with Crippen molar-refractivity contribution in [1.82, 2.24) is 10.3 Å². The van der Waals surface area contributed by atoms with Gasteiger partial charge in [-0.3, -0.25) is 9.78 Å². The van der Waals surface area contributed by atoms with Crippen LogP contribution in [-0.4, -0.2) is 22.6 Å². The largest absolute Gasteiger partial charge is 0.481 e. The van der Waals surface area contributed by atoms with Gasteiger partial charge in [-0.15, -0.1) is 0 Å². The molecule has 1 rings (SSSR count). The van der Waals surface area contributed by atoms with Crippen LogP contribution in [0.25, 0.3) is 0 Å². The van der Waals surface area contributed by atoms with Crippen LogP contribution < -0.4 is 5.32 Å². The first kappa shape index (κ1) is 15.1. The number of carboxylic acids is 1. The number of carboxylic acid groups (broad SMARTS) is 1. The number of pyridine rings is 1. The van der Waals surface area contributed by atoms with Crippen molar-refractivity contribution in [2.75, 3.05) is 6.54 Å². The van der Waals surface area contributed by atoms with Crippen molar-refractivity contribution in [2.45, 2.75) is 32.7 Å². The number of carbonyl (C=O) groups is 1. The van der Waals surface area contributed by atoms with Crippen molar-refractivity contribution in [2.24, 2.45) is 5.92 Å². The molecule has 0 aliphatic rings. The lowest BCUT2D eigenvalue weighted by Gasteiger charge is -2.10. The van der Waals surface area contributed by atoms with Gasteiger partial charge in [-0.1, -0.05) is 6.92 Å². The summed E-state index contributed by atoms with van der Waals surface area (Å²) in [6, 6.07) is 2.04. The van der Waals surface area contributed by atoms with Crippen molar-refractivity contribution < 1.29 is 9.90 Å². The van der Waals surface area contributed by atoms with Crippen molar-refractivity contribution in [3.8, 4) is 0 Å². The van der Waals surface area contributed by atoms with Gasteiger partial charge in [0, 0.05) is 29.8 Å². The number of rotatable bonds is 8. The number of nitrogens with one attached hydrogen (secondary N) is 1. The average molecular weight is 315 g/mol. The normalized spacial score (nSPS) is 12.3. The lowest BCUT2D eigenvalue weighted by molar-refractivity contribution is -0.137. The number of hydrogen-bond acceptors (Lipinski definition) is 3. The highest BCUT2D eigenvalue weighted by molar-refractivity contribution is 9.10. The van der Waals surface area contributed by atoms with Gasteiger partial charge in [0.05, 0.1) is 0 Å². The Bertz CT molecular complexity index is 385. The van der Waals surface area contributed by atoms with E-state index in [9.17, 15) is 4.79 Å². The van der Waals surface area contributed by atoms with Crippen LogP contribution in [0, 0.1) is 5.92 Å². The monoisotopic (exact) mass is 314 g/mol. The van der Waals surface area contributed by atoms with Gasteiger partial charge in [0.1, 0.15) is 0 Å². The lowest BCUT2D eigenvalue weighted by atomic mass is 10.0. The quantitative estimate of drug-likeness (QED) is 0.724. The number of aliphatic carboxylic acids is 1. The molecular formula is C13H19BrN2O2. The molecule has 2 N–H and O–H groups in total. The minimum Gasteiger partial charge on any atom is -0.481 e. The summed E-state index contributed by atoms with van der Waals surface area (Å²) in [6.07, 6.45) is 5.60. The Hall–Kier alpha value is -0.940. The molecule has 0 amide bonds. The summed E-state index contributed by atoms with van der Waals surface area (Å²) in [5, 5.41) is 11.9. The fraction of sp³-hybridized carbons (Fsp3) is 0.538. The van der Waals surface area contributed by atoms with E-state index in [0.717, 1.165) is 36.0 Å². The van der Waals surface area contributed by atoms with Gasteiger partial charge < -0.3 is 10.4 Å². The molecule has 0 saturated heterocycles. The highest BCUT2D eigenvalue weighted by atomic mass is 79.9. The van der Waals surface area contributed by atoms with Crippen LogP contribution in [0.15, 0.2) is 22.9 Å². The smallest absolute Gasteiger partial charge is 0.303 e. The molecule has 5 heteroatoms. The Balaban J connectivity index is 2.13. The predicted octanol–water partition coefficient (Wildman–Crippen LogP) is 2.82. The van der Waals surface area contributed by atoms with Gasteiger partial charge in [0.15, 0.2) is 0 Å². The van der Waals surface area contributed by atoms with Crippen molar-refractivity contribution in [3.05, 3.63) is 28.5 Å². The maximum Gasteiger partial charge on any atom is 0.303 e. The summed E-state index contributed by atoms with van der Waals surface area (Å²) >= 11 is 3.38. The molecule has 0 radical (unpaired) electrons. The van der Waals surface area contributed by atoms with Crippen LogP contribution in [0.1, 0.15) is 31.7 Å². The predicted molar refractivity (Wildman–Crippen MR) is 74.3 cm³/mol. The van der Waals surface area contributed by atoms with Crippen LogP contribution in [0.2, 0.25) is 0 Å². The molecule has 0 bridgehead atoms. The molecular weight excluding hydrogens is 296 g/mol. The molecule has 1 aromatic heterocycles. The number of hydrogen-bond donors (Lipinski definition) is 2. The van der Waals surface area contributed by atoms with Crippen molar-refractivity contribution in [1.29, 1.82) is 0 Å². The Morgan fingerprint density at radius 2 is 2.28 bits per heavy atom. The van der Waals surface area contributed by atoms with Gasteiger partial charge in [-0.25, -0.2) is 0 Å². The van der Waals surface area contributed by atoms with E-state index in [1.54, 1.807) is 6.20 Å². The molecule has 0 aliphatic carbocycles. The van der Waals surface area contributed by atoms with E-state index in [2.05, 4.69) is 33.2 Å². The summed E-state index contributed by atoms with van der Waals surface area (Å²) in [5.41, 5.74) is 1.14. The number of halogens is 1. The minimum absolute atomic E-state index is 0.261. The van der Waals surface area contributed by atoms with Crippen LogP contribution in [-0.2, 0) is 11.3 Å². The first-order chi connectivity index (χ1) is 8.58. The van der Waals surface area contributed by atoms with Crippen LogP contribution in [0.4, 0.5) is 0 Å². The average Bonchev–Trinajstić information content (AvgIpc) is 2.32. The highest BCUT2D eigenvalue weighted by Crippen LogP contribution is 2.11. The van der Waals surface area contributed by atoms with Gasteiger partial charge in [-0.2, -0.15) is 0 Å².